The van der Waals surface area contributed by atoms with Gasteiger partial charge in [-0.05, 0) is 0 Å². The molecule has 0 N–H and O–H groups in total. The highest BCUT2D eigenvalue weighted by Gasteiger charge is 1.90. The second-order valence-electron chi connectivity index (χ2n) is 2.53. The van der Waals surface area contributed by atoms with E-state index in [1.807, 2.05) is 0 Å². The van der Waals surface area contributed by atoms with Crippen LogP contribution in [0, 0.1) is 0 Å². The molecule has 1 aromatic rings. The van der Waals surface area contributed by atoms with E-state index in [-0.39, 0.29) is 19.0 Å². The second-order valence-corrected chi connectivity index (χ2v) is 5.57. The molecule has 1 rings (SSSR count). The van der Waals surface area contributed by atoms with Gasteiger partial charge in [-0.2, -0.15) is 0 Å². The molecule has 0 radical (unpaired) electrons. The van der Waals surface area contributed by atoms with Crippen molar-refractivity contribution in [1.29, 1.82) is 0 Å². The molecule has 0 unspecified atom stereocenters. The molecule has 0 spiro atoms. The van der Waals surface area contributed by atoms with Crippen molar-refractivity contribution >= 4 is 29.4 Å². The predicted octanol–water partition coefficient (Wildman–Crippen LogP) is -0.629. The van der Waals surface area contributed by atoms with Crippen LogP contribution in [0.5, 0.6) is 0 Å². The summed E-state index contributed by atoms with van der Waals surface area (Å²) in [6.45, 7) is 4.69. The first-order valence-electron chi connectivity index (χ1n) is 3.94. The second kappa shape index (κ2) is 3.73. The van der Waals surface area contributed by atoms with Crippen LogP contribution in [0.25, 0.3) is 0 Å². The first kappa shape index (κ1) is 7.76. The van der Waals surface area contributed by atoms with E-state index in [1.165, 1.54) is 0 Å². The number of benzene rings is 1. The van der Waals surface area contributed by atoms with Crippen LogP contribution in [0.2, 0.25) is 13.1 Å². The van der Waals surface area contributed by atoms with E-state index >= 15 is 0 Å². The lowest BCUT2D eigenvalue weighted by molar-refractivity contribution is 1.82. The van der Waals surface area contributed by atoms with Gasteiger partial charge in [0.25, 0.3) is 0 Å². The molecule has 1 aromatic carbocycles. The van der Waals surface area contributed by atoms with Gasteiger partial charge >= 0.3 is 0 Å². The molecule has 2 heteroatoms. The van der Waals surface area contributed by atoms with Gasteiger partial charge in [0.15, 0.2) is 0 Å². The zero-order chi connectivity index (χ0) is 7.40. The average molecular weight is 166 g/mol. The predicted molar refractivity (Wildman–Crippen MR) is 54.5 cm³/mol. The molecule has 0 heterocycles. The van der Waals surface area contributed by atoms with E-state index in [0.717, 1.165) is 0 Å². The summed E-state index contributed by atoms with van der Waals surface area (Å²) in [4.78, 5) is 0. The molecule has 0 nitrogen and oxygen atoms in total. The summed E-state index contributed by atoms with van der Waals surface area (Å²) in [5.74, 6) is 0. The maximum Gasteiger partial charge on any atom is 0.0516 e. The monoisotopic (exact) mass is 166 g/mol. The van der Waals surface area contributed by atoms with Gasteiger partial charge in [-0.3, -0.25) is 0 Å². The Balaban J connectivity index is 2.87. The Labute approximate surface area is 67.3 Å². The number of hydrogen-bond acceptors (Lipinski definition) is 0. The molecule has 0 atom stereocenters. The first-order valence-corrected chi connectivity index (χ1v) is 8.19. The van der Waals surface area contributed by atoms with Gasteiger partial charge in [-0.15, -0.1) is 0 Å². The van der Waals surface area contributed by atoms with E-state index in [9.17, 15) is 0 Å². The van der Waals surface area contributed by atoms with Gasteiger partial charge < -0.3 is 0 Å². The van der Waals surface area contributed by atoms with Gasteiger partial charge in [-0.25, -0.2) is 0 Å². The first-order chi connectivity index (χ1) is 4.86. The highest BCUT2D eigenvalue weighted by Crippen LogP contribution is 1.78. The van der Waals surface area contributed by atoms with Crippen molar-refractivity contribution in [3.8, 4) is 0 Å². The molecule has 10 heavy (non-hydrogen) atoms. The molecule has 0 fully saturated rings. The van der Waals surface area contributed by atoms with Crippen molar-refractivity contribution in [3.63, 3.8) is 0 Å². The van der Waals surface area contributed by atoms with Crippen LogP contribution in [-0.2, 0) is 0 Å². The minimum absolute atomic E-state index is 0.0828. The van der Waals surface area contributed by atoms with Gasteiger partial charge in [-0.1, -0.05) is 47.7 Å². The Morgan fingerprint density at radius 1 is 1.00 bits per heavy atom. The highest BCUT2D eigenvalue weighted by atomic mass is 28.2. The van der Waals surface area contributed by atoms with Crippen LogP contribution < -0.4 is 10.4 Å². The van der Waals surface area contributed by atoms with Crippen molar-refractivity contribution in [3.05, 3.63) is 24.3 Å². The normalized spacial score (nSPS) is 12.2. The zero-order valence-electron chi connectivity index (χ0n) is 6.72. The van der Waals surface area contributed by atoms with Gasteiger partial charge in [0, 0.05) is 0 Å². The lowest BCUT2D eigenvalue weighted by Gasteiger charge is -1.98. The van der Waals surface area contributed by atoms with Crippen molar-refractivity contribution in [2.75, 3.05) is 0 Å². The third-order valence-electron chi connectivity index (χ3n) is 1.81. The molecule has 0 aliphatic heterocycles. The average Bonchev–Trinajstić information content (AvgIpc) is 2.05. The van der Waals surface area contributed by atoms with Crippen LogP contribution in [0.3, 0.4) is 0 Å². The summed E-state index contributed by atoms with van der Waals surface area (Å²) in [6, 6.07) is 9.13. The van der Waals surface area contributed by atoms with Crippen LogP contribution >= 0.6 is 0 Å². The van der Waals surface area contributed by atoms with Crippen molar-refractivity contribution in [1.82, 2.24) is 0 Å². The zero-order valence-corrected chi connectivity index (χ0v) is 9.55. The highest BCUT2D eigenvalue weighted by molar-refractivity contribution is 6.56. The third kappa shape index (κ3) is 1.82. The van der Waals surface area contributed by atoms with Crippen molar-refractivity contribution in [2.24, 2.45) is 0 Å². The molecule has 54 valence electrons. The van der Waals surface area contributed by atoms with Gasteiger partial charge in [0.2, 0.25) is 0 Å². The molecule has 0 bridgehead atoms. The summed E-state index contributed by atoms with van der Waals surface area (Å²) >= 11 is 0. The summed E-state index contributed by atoms with van der Waals surface area (Å²) in [5, 5.41) is 3.23. The molecular weight excluding hydrogens is 152 g/mol. The smallest absolute Gasteiger partial charge is 0.0516 e. The Morgan fingerprint density at radius 3 is 1.90 bits per heavy atom. The molecule has 0 aliphatic rings. The van der Waals surface area contributed by atoms with Crippen molar-refractivity contribution < 1.29 is 0 Å². The van der Waals surface area contributed by atoms with E-state index in [0.29, 0.717) is 0 Å². The number of hydrogen-bond donors (Lipinski definition) is 0. The van der Waals surface area contributed by atoms with E-state index in [4.69, 9.17) is 0 Å². The SMILES string of the molecule is C[SiH2]c1cccc([SiH2]C)c1. The quantitative estimate of drug-likeness (QED) is 0.513. The molecule has 0 saturated carbocycles. The molecular formula is C8H14Si2. The maximum atomic E-state index is 2.40. The maximum absolute atomic E-state index is 2.40. The van der Waals surface area contributed by atoms with E-state index < -0.39 is 0 Å². The molecule has 0 aromatic heterocycles. The van der Waals surface area contributed by atoms with Gasteiger partial charge in [0.05, 0.1) is 19.0 Å². The van der Waals surface area contributed by atoms with Gasteiger partial charge in [0.1, 0.15) is 0 Å². The molecule has 0 amide bonds. The third-order valence-corrected chi connectivity index (χ3v) is 4.32. The summed E-state index contributed by atoms with van der Waals surface area (Å²) in [7, 11) is 0.166. The minimum atomic E-state index is 0.0828. The molecule has 0 aliphatic carbocycles. The topological polar surface area (TPSA) is 0 Å². The lowest BCUT2D eigenvalue weighted by Crippen LogP contribution is -2.20. The van der Waals surface area contributed by atoms with Crippen LogP contribution in [-0.4, -0.2) is 19.0 Å². The largest absolute Gasteiger partial charge is 0.0708 e. The summed E-state index contributed by atoms with van der Waals surface area (Å²) in [5.41, 5.74) is 0. The number of rotatable bonds is 2. The van der Waals surface area contributed by atoms with Crippen LogP contribution in [0.15, 0.2) is 24.3 Å². The van der Waals surface area contributed by atoms with E-state index in [2.05, 4.69) is 37.4 Å². The lowest BCUT2D eigenvalue weighted by atomic mass is 10.4. The Bertz CT molecular complexity index is 189. The fourth-order valence-electron chi connectivity index (χ4n) is 1.07. The summed E-state index contributed by atoms with van der Waals surface area (Å²) in [6.07, 6.45) is 0. The van der Waals surface area contributed by atoms with Crippen LogP contribution in [0.4, 0.5) is 0 Å². The van der Waals surface area contributed by atoms with Crippen LogP contribution in [0.1, 0.15) is 0 Å². The molecule has 0 saturated heterocycles. The Kier molecular flexibility index (Phi) is 2.90. The fraction of sp³-hybridized carbons (Fsp3) is 0.250. The Morgan fingerprint density at radius 2 is 1.50 bits per heavy atom. The minimum Gasteiger partial charge on any atom is -0.0708 e. The van der Waals surface area contributed by atoms with Crippen molar-refractivity contribution in [2.45, 2.75) is 13.1 Å². The summed E-state index contributed by atoms with van der Waals surface area (Å²) < 4.78 is 0. The standard InChI is InChI=1S/C8H14Si2/c1-9-7-4-3-5-8(6-7)10-2/h3-6H,9-10H2,1-2H3. The Hall–Kier alpha value is -0.346. The fourth-order valence-corrected chi connectivity index (χ4v) is 3.03. The van der Waals surface area contributed by atoms with E-state index in [1.54, 1.807) is 10.4 Å².